The first-order valence-electron chi connectivity index (χ1n) is 15.3. The van der Waals surface area contributed by atoms with Crippen molar-refractivity contribution in [3.8, 4) is 0 Å². The molecule has 11 atom stereocenters. The van der Waals surface area contributed by atoms with Gasteiger partial charge in [0.25, 0.3) is 0 Å². The molecule has 3 aliphatic rings. The van der Waals surface area contributed by atoms with Gasteiger partial charge in [-0.2, -0.15) is 0 Å². The molecular formula is C32H50O10. The standard InChI is InChI=1S/C32H50O10/c1-10-12-22(35)41-28-24(16(3)4)25-20-14-17(5)27(40-19(7)34)26(37)30(42-23(36)13-11-2)31(20,8)15-21(39-18(6)33)32(25,9)29(28)38/h14,16,20-21,24-30,37-38H,10-13,15H2,1-9H3/t20-,21+,24-,25+,26+,27+,28-,29+,30-,31-,32+/m1/s1. The van der Waals surface area contributed by atoms with Crippen LogP contribution in [0.15, 0.2) is 11.6 Å². The molecule has 3 rings (SSSR count). The van der Waals surface area contributed by atoms with Crippen molar-refractivity contribution in [1.29, 1.82) is 0 Å². The van der Waals surface area contributed by atoms with Gasteiger partial charge in [-0.1, -0.05) is 47.6 Å². The van der Waals surface area contributed by atoms with Crippen LogP contribution in [0.2, 0.25) is 0 Å². The molecule has 0 heterocycles. The summed E-state index contributed by atoms with van der Waals surface area (Å²) in [7, 11) is 0. The Balaban J connectivity index is 2.30. The second-order valence-corrected chi connectivity index (χ2v) is 13.3. The normalized spacial score (nSPS) is 39.3. The van der Waals surface area contributed by atoms with Crippen LogP contribution >= 0.6 is 0 Å². The van der Waals surface area contributed by atoms with Crippen LogP contribution in [-0.4, -0.2) is 70.7 Å². The molecule has 0 radical (unpaired) electrons. The number of aliphatic hydroxyl groups excluding tert-OH is 2. The average molecular weight is 595 g/mol. The van der Waals surface area contributed by atoms with E-state index in [1.165, 1.54) is 13.8 Å². The van der Waals surface area contributed by atoms with Gasteiger partial charge in [0.05, 0.1) is 0 Å². The summed E-state index contributed by atoms with van der Waals surface area (Å²) in [5.74, 6) is -3.36. The van der Waals surface area contributed by atoms with Crippen molar-refractivity contribution in [2.75, 3.05) is 0 Å². The van der Waals surface area contributed by atoms with E-state index >= 15 is 0 Å². The Morgan fingerprint density at radius 2 is 1.48 bits per heavy atom. The molecule has 3 aliphatic carbocycles. The van der Waals surface area contributed by atoms with Crippen LogP contribution in [0.3, 0.4) is 0 Å². The number of esters is 4. The SMILES string of the molecule is CCCC(=O)O[C@@H]1[C@H](C(C)C)[C@@H]2[C@H]3C=C(C)[C@H](OC(C)=O)[C@H](O)[C@@H](OC(=O)CCC)[C@]3(C)C[C@H](OC(C)=O)[C@]2(C)[C@H]1O. The third-order valence-corrected chi connectivity index (χ3v) is 9.89. The van der Waals surface area contributed by atoms with E-state index in [-0.39, 0.29) is 31.1 Å². The third kappa shape index (κ3) is 6.11. The Morgan fingerprint density at radius 1 is 0.929 bits per heavy atom. The van der Waals surface area contributed by atoms with Gasteiger partial charge < -0.3 is 29.2 Å². The Morgan fingerprint density at radius 3 is 1.98 bits per heavy atom. The van der Waals surface area contributed by atoms with Gasteiger partial charge in [-0.15, -0.1) is 0 Å². The van der Waals surface area contributed by atoms with E-state index in [0.717, 1.165) is 0 Å². The molecule has 10 heteroatoms. The first-order chi connectivity index (χ1) is 19.5. The van der Waals surface area contributed by atoms with Gasteiger partial charge in [-0.3, -0.25) is 19.2 Å². The lowest BCUT2D eigenvalue weighted by Crippen LogP contribution is -2.63. The predicted molar refractivity (Wildman–Crippen MR) is 153 cm³/mol. The Kier molecular flexibility index (Phi) is 10.6. The van der Waals surface area contributed by atoms with Gasteiger partial charge in [0, 0.05) is 43.4 Å². The molecule has 238 valence electrons. The number of aliphatic hydroxyl groups is 2. The molecule has 10 nitrogen and oxygen atoms in total. The molecule has 0 aromatic heterocycles. The van der Waals surface area contributed by atoms with Crippen LogP contribution in [0.1, 0.15) is 94.4 Å². The number of fused-ring (bicyclic) bond motifs is 3. The molecule has 0 bridgehead atoms. The summed E-state index contributed by atoms with van der Waals surface area (Å²) in [4.78, 5) is 50.4. The Labute approximate surface area is 249 Å². The van der Waals surface area contributed by atoms with Crippen molar-refractivity contribution in [3.05, 3.63) is 11.6 Å². The molecular weight excluding hydrogens is 544 g/mol. The average Bonchev–Trinajstić information content (AvgIpc) is 3.06. The van der Waals surface area contributed by atoms with Crippen LogP contribution in [-0.2, 0) is 38.1 Å². The van der Waals surface area contributed by atoms with Crippen molar-refractivity contribution in [2.45, 2.75) is 131 Å². The van der Waals surface area contributed by atoms with Crippen molar-refractivity contribution in [1.82, 2.24) is 0 Å². The summed E-state index contributed by atoms with van der Waals surface area (Å²) in [5, 5.41) is 23.7. The number of allylic oxidation sites excluding steroid dienone is 1. The molecule has 0 spiro atoms. The van der Waals surface area contributed by atoms with E-state index in [1.807, 2.05) is 47.6 Å². The fraction of sp³-hybridized carbons (Fsp3) is 0.812. The van der Waals surface area contributed by atoms with Crippen LogP contribution < -0.4 is 0 Å². The predicted octanol–water partition coefficient (Wildman–Crippen LogP) is 3.89. The minimum atomic E-state index is -1.40. The van der Waals surface area contributed by atoms with Crippen molar-refractivity contribution in [3.63, 3.8) is 0 Å². The van der Waals surface area contributed by atoms with Crippen molar-refractivity contribution < 1.29 is 48.3 Å². The van der Waals surface area contributed by atoms with Crippen LogP contribution in [0.5, 0.6) is 0 Å². The van der Waals surface area contributed by atoms with Crippen molar-refractivity contribution in [2.24, 2.45) is 34.5 Å². The highest BCUT2D eigenvalue weighted by Gasteiger charge is 2.72. The van der Waals surface area contributed by atoms with E-state index < -0.39 is 83.2 Å². The molecule has 0 saturated heterocycles. The maximum atomic E-state index is 13.0. The second-order valence-electron chi connectivity index (χ2n) is 13.3. The summed E-state index contributed by atoms with van der Waals surface area (Å²) in [5.41, 5.74) is -1.49. The summed E-state index contributed by atoms with van der Waals surface area (Å²) >= 11 is 0. The van der Waals surface area contributed by atoms with Gasteiger partial charge in [-0.05, 0) is 49.5 Å². The zero-order chi connectivity index (χ0) is 31.7. The maximum absolute atomic E-state index is 13.0. The molecule has 2 fully saturated rings. The molecule has 2 N–H and O–H groups in total. The van der Waals surface area contributed by atoms with Crippen LogP contribution in [0.4, 0.5) is 0 Å². The summed E-state index contributed by atoms with van der Waals surface area (Å²) in [6.45, 7) is 15.8. The molecule has 42 heavy (non-hydrogen) atoms. The lowest BCUT2D eigenvalue weighted by molar-refractivity contribution is -0.219. The third-order valence-electron chi connectivity index (χ3n) is 9.89. The monoisotopic (exact) mass is 594 g/mol. The summed E-state index contributed by atoms with van der Waals surface area (Å²) < 4.78 is 23.6. The number of carbonyl (C=O) groups is 4. The highest BCUT2D eigenvalue weighted by Crippen LogP contribution is 2.67. The molecule has 0 aromatic rings. The number of rotatable bonds is 9. The first-order valence-corrected chi connectivity index (χ1v) is 15.3. The lowest BCUT2D eigenvalue weighted by Gasteiger charge is -2.58. The molecule has 2 saturated carbocycles. The molecule has 0 amide bonds. The van der Waals surface area contributed by atoms with Gasteiger partial charge >= 0.3 is 23.9 Å². The van der Waals surface area contributed by atoms with Gasteiger partial charge in [0.2, 0.25) is 0 Å². The fourth-order valence-electron chi connectivity index (χ4n) is 8.05. The van der Waals surface area contributed by atoms with Crippen molar-refractivity contribution >= 4 is 23.9 Å². The van der Waals surface area contributed by atoms with E-state index in [9.17, 15) is 29.4 Å². The topological polar surface area (TPSA) is 146 Å². The Hall–Kier alpha value is -2.46. The van der Waals surface area contributed by atoms with Gasteiger partial charge in [-0.25, -0.2) is 0 Å². The summed E-state index contributed by atoms with van der Waals surface area (Å²) in [6, 6.07) is 0. The fourth-order valence-corrected chi connectivity index (χ4v) is 8.05. The van der Waals surface area contributed by atoms with E-state index in [0.29, 0.717) is 18.4 Å². The first kappa shape index (κ1) is 34.0. The second kappa shape index (κ2) is 13.0. The highest BCUT2D eigenvalue weighted by atomic mass is 16.6. The van der Waals surface area contributed by atoms with E-state index in [1.54, 1.807) is 6.92 Å². The molecule has 0 aromatic carbocycles. The van der Waals surface area contributed by atoms with Gasteiger partial charge in [0.15, 0.2) is 6.10 Å². The minimum absolute atomic E-state index is 0.0709. The zero-order valence-electron chi connectivity index (χ0n) is 26.5. The Bertz CT molecular complexity index is 1070. The molecule has 0 unspecified atom stereocenters. The smallest absolute Gasteiger partial charge is 0.306 e. The summed E-state index contributed by atoms with van der Waals surface area (Å²) in [6.07, 6.45) is -2.93. The lowest BCUT2D eigenvalue weighted by atomic mass is 9.49. The maximum Gasteiger partial charge on any atom is 0.306 e. The van der Waals surface area contributed by atoms with E-state index in [2.05, 4.69) is 0 Å². The van der Waals surface area contributed by atoms with Gasteiger partial charge in [0.1, 0.15) is 30.5 Å². The van der Waals surface area contributed by atoms with Crippen LogP contribution in [0, 0.1) is 34.5 Å². The number of hydrogen-bond donors (Lipinski definition) is 2. The number of carbonyl (C=O) groups excluding carboxylic acids is 4. The number of hydrogen-bond acceptors (Lipinski definition) is 10. The van der Waals surface area contributed by atoms with Crippen LogP contribution in [0.25, 0.3) is 0 Å². The highest BCUT2D eigenvalue weighted by molar-refractivity contribution is 5.70. The molecule has 0 aliphatic heterocycles. The zero-order valence-corrected chi connectivity index (χ0v) is 26.5. The largest absolute Gasteiger partial charge is 0.462 e. The minimum Gasteiger partial charge on any atom is -0.462 e. The quantitative estimate of drug-likeness (QED) is 0.229. The van der Waals surface area contributed by atoms with E-state index in [4.69, 9.17) is 18.9 Å². The number of ether oxygens (including phenoxy) is 4.